The van der Waals surface area contributed by atoms with E-state index in [0.29, 0.717) is 34.0 Å². The first-order chi connectivity index (χ1) is 15.5. The number of hydrogen-bond acceptors (Lipinski definition) is 6. The number of fused-ring (bicyclic) bond motifs is 2. The molecule has 2 aliphatic heterocycles. The molecule has 2 bridgehead atoms. The first kappa shape index (κ1) is 27.3. The van der Waals surface area contributed by atoms with Gasteiger partial charge in [-0.3, -0.25) is 9.59 Å². The lowest BCUT2D eigenvalue weighted by Crippen LogP contribution is -2.46. The van der Waals surface area contributed by atoms with Crippen molar-refractivity contribution >= 4 is 41.1 Å². The van der Waals surface area contributed by atoms with Crippen molar-refractivity contribution in [2.75, 3.05) is 13.2 Å². The molecule has 4 atom stereocenters. The fourth-order valence-corrected chi connectivity index (χ4v) is 4.77. The quantitative estimate of drug-likeness (QED) is 0.340. The Bertz CT molecular complexity index is 849. The molecule has 1 aromatic rings. The summed E-state index contributed by atoms with van der Waals surface area (Å²) >= 11 is 12.2. The van der Waals surface area contributed by atoms with Crippen LogP contribution in [0.25, 0.3) is 0 Å². The molecular formula is C22H29Cl2NO8. The van der Waals surface area contributed by atoms with Gasteiger partial charge in [-0.05, 0) is 49.8 Å². The number of carbonyl (C=O) groups is 3. The van der Waals surface area contributed by atoms with Gasteiger partial charge in [0.25, 0.3) is 0 Å². The van der Waals surface area contributed by atoms with Crippen LogP contribution in [0.2, 0.25) is 10.0 Å². The number of nitrogens with one attached hydrogen (secondary N) is 1. The summed E-state index contributed by atoms with van der Waals surface area (Å²) in [6.45, 7) is 3.66. The summed E-state index contributed by atoms with van der Waals surface area (Å²) in [6, 6.07) is 7.32. The number of benzene rings is 1. The number of piperidine rings is 1. The number of rotatable bonds is 9. The predicted octanol–water partition coefficient (Wildman–Crippen LogP) is 3.01. The molecule has 5 N–H and O–H groups in total. The third-order valence-corrected chi connectivity index (χ3v) is 6.76. The van der Waals surface area contributed by atoms with Gasteiger partial charge < -0.3 is 30.5 Å². The molecule has 0 aromatic heterocycles. The zero-order valence-electron chi connectivity index (χ0n) is 18.2. The van der Waals surface area contributed by atoms with Gasteiger partial charge in [0.15, 0.2) is 5.60 Å². The molecule has 2 fully saturated rings. The molecule has 0 aliphatic carbocycles. The van der Waals surface area contributed by atoms with Gasteiger partial charge in [0.2, 0.25) is 0 Å². The molecule has 1 aromatic carbocycles. The van der Waals surface area contributed by atoms with E-state index in [9.17, 15) is 14.4 Å². The number of aliphatic carboxylic acids is 3. The fraction of sp³-hybridized carbons (Fsp3) is 0.591. The molecule has 0 spiro atoms. The second-order valence-corrected chi connectivity index (χ2v) is 9.18. The van der Waals surface area contributed by atoms with E-state index in [0.717, 1.165) is 13.2 Å². The highest BCUT2D eigenvalue weighted by molar-refractivity contribution is 6.42. The Kier molecular flexibility index (Phi) is 9.93. The second-order valence-electron chi connectivity index (χ2n) is 8.36. The van der Waals surface area contributed by atoms with Crippen LogP contribution >= 0.6 is 23.2 Å². The monoisotopic (exact) mass is 505 g/mol. The van der Waals surface area contributed by atoms with E-state index in [4.69, 9.17) is 48.4 Å². The number of hydrogen-bond donors (Lipinski definition) is 5. The zero-order valence-corrected chi connectivity index (χ0v) is 19.7. The Hall–Kier alpha value is -1.91. The van der Waals surface area contributed by atoms with Crippen molar-refractivity contribution in [3.05, 3.63) is 33.8 Å². The molecule has 4 unspecified atom stereocenters. The average molecular weight is 506 g/mol. The number of carboxylic acid groups (broad SMARTS) is 3. The molecule has 2 aliphatic rings. The van der Waals surface area contributed by atoms with Crippen LogP contribution in [-0.4, -0.2) is 69.2 Å². The van der Waals surface area contributed by atoms with Gasteiger partial charge in [-0.2, -0.15) is 0 Å². The lowest BCUT2D eigenvalue weighted by molar-refractivity contribution is -0.170. The van der Waals surface area contributed by atoms with E-state index in [1.807, 2.05) is 12.1 Å². The first-order valence-electron chi connectivity index (χ1n) is 10.6. The minimum Gasteiger partial charge on any atom is -0.481 e. The lowest BCUT2D eigenvalue weighted by atomic mass is 9.77. The van der Waals surface area contributed by atoms with Crippen LogP contribution in [0.4, 0.5) is 0 Å². The summed E-state index contributed by atoms with van der Waals surface area (Å²) < 4.78 is 5.73. The van der Waals surface area contributed by atoms with E-state index in [1.54, 1.807) is 0 Å². The van der Waals surface area contributed by atoms with Gasteiger partial charge in [-0.1, -0.05) is 29.3 Å². The van der Waals surface area contributed by atoms with Crippen molar-refractivity contribution in [3.63, 3.8) is 0 Å². The van der Waals surface area contributed by atoms with Gasteiger partial charge in [-0.15, -0.1) is 0 Å². The molecule has 9 nitrogen and oxygen atoms in total. The van der Waals surface area contributed by atoms with E-state index in [-0.39, 0.29) is 0 Å². The molecule has 2 saturated heterocycles. The second kappa shape index (κ2) is 12.0. The number of ether oxygens (including phenoxy) is 1. The van der Waals surface area contributed by atoms with Gasteiger partial charge in [0.1, 0.15) is 0 Å². The van der Waals surface area contributed by atoms with Crippen LogP contribution in [0.5, 0.6) is 0 Å². The Balaban J connectivity index is 0.000000260. The highest BCUT2D eigenvalue weighted by Gasteiger charge is 2.42. The van der Waals surface area contributed by atoms with Crippen LogP contribution in [-0.2, 0) is 19.1 Å². The molecule has 0 amide bonds. The smallest absolute Gasteiger partial charge is 0.336 e. The largest absolute Gasteiger partial charge is 0.481 e. The van der Waals surface area contributed by atoms with Crippen molar-refractivity contribution in [3.8, 4) is 0 Å². The number of aliphatic hydroxyl groups is 1. The summed E-state index contributed by atoms with van der Waals surface area (Å²) in [7, 11) is 0. The molecule has 0 radical (unpaired) electrons. The number of carboxylic acids is 3. The van der Waals surface area contributed by atoms with Crippen molar-refractivity contribution in [1.29, 1.82) is 0 Å². The normalized spacial score (nSPS) is 24.0. The van der Waals surface area contributed by atoms with Gasteiger partial charge in [0, 0.05) is 24.6 Å². The molecule has 33 heavy (non-hydrogen) atoms. The fourth-order valence-electron chi connectivity index (χ4n) is 4.46. The average Bonchev–Trinajstić information content (AvgIpc) is 3.10. The SMILES string of the molecule is CCOCC1C2CCC(CC1c1ccc(Cl)c(Cl)c1)N2.O=C(O)CC(O)(CC(=O)O)C(=O)O. The minimum absolute atomic E-state index is 0.523. The van der Waals surface area contributed by atoms with E-state index in [1.165, 1.54) is 24.8 Å². The van der Waals surface area contributed by atoms with Crippen molar-refractivity contribution in [1.82, 2.24) is 5.32 Å². The van der Waals surface area contributed by atoms with Crippen molar-refractivity contribution in [2.45, 2.75) is 62.6 Å². The maximum atomic E-state index is 10.3. The van der Waals surface area contributed by atoms with E-state index < -0.39 is 36.4 Å². The third-order valence-electron chi connectivity index (χ3n) is 6.02. The zero-order chi connectivity index (χ0) is 24.8. The Morgan fingerprint density at radius 1 is 1.09 bits per heavy atom. The maximum Gasteiger partial charge on any atom is 0.336 e. The molecule has 11 heteroatoms. The summed E-state index contributed by atoms with van der Waals surface area (Å²) in [6.07, 6.45) is 1.43. The van der Waals surface area contributed by atoms with Crippen molar-refractivity contribution in [2.24, 2.45) is 5.92 Å². The standard InChI is InChI=1S/C16H21Cl2NO.C6H8O7/c1-2-20-9-13-12(8-11-4-6-16(13)19-11)10-3-5-14(17)15(18)7-10;7-3(8)1-6(13,5(11)12)2-4(9)10/h3,5,7,11-13,16,19H,2,4,6,8-9H2,1H3;13H,1-2H2,(H,7,8)(H,9,10)(H,11,12). The van der Waals surface area contributed by atoms with Gasteiger partial charge >= 0.3 is 17.9 Å². The summed E-state index contributed by atoms with van der Waals surface area (Å²) in [5.74, 6) is -3.96. The Morgan fingerprint density at radius 2 is 1.73 bits per heavy atom. The van der Waals surface area contributed by atoms with Crippen molar-refractivity contribution < 1.29 is 39.5 Å². The van der Waals surface area contributed by atoms with Crippen LogP contribution in [0, 0.1) is 5.92 Å². The topological polar surface area (TPSA) is 153 Å². The van der Waals surface area contributed by atoms with Crippen LogP contribution in [0.15, 0.2) is 18.2 Å². The number of halogens is 2. The Labute approximate surface area is 201 Å². The van der Waals surface area contributed by atoms with Crippen LogP contribution in [0.3, 0.4) is 0 Å². The highest BCUT2D eigenvalue weighted by atomic mass is 35.5. The first-order valence-corrected chi connectivity index (χ1v) is 11.4. The van der Waals surface area contributed by atoms with E-state index in [2.05, 4.69) is 18.3 Å². The summed E-state index contributed by atoms with van der Waals surface area (Å²) in [4.78, 5) is 30.5. The molecule has 184 valence electrons. The van der Waals surface area contributed by atoms with Crippen LogP contribution < -0.4 is 5.32 Å². The highest BCUT2D eigenvalue weighted by Crippen LogP contribution is 2.43. The lowest BCUT2D eigenvalue weighted by Gasteiger charge is -2.38. The van der Waals surface area contributed by atoms with Gasteiger partial charge in [0.05, 0.1) is 29.5 Å². The summed E-state index contributed by atoms with van der Waals surface area (Å²) in [5.41, 5.74) is -1.43. The summed E-state index contributed by atoms with van der Waals surface area (Å²) in [5, 5.41) is 38.8. The van der Waals surface area contributed by atoms with Gasteiger partial charge in [-0.25, -0.2) is 4.79 Å². The molecule has 0 saturated carbocycles. The molecule has 3 rings (SSSR count). The molecule has 2 heterocycles. The maximum absolute atomic E-state index is 10.3. The third kappa shape index (κ3) is 7.55. The van der Waals surface area contributed by atoms with E-state index >= 15 is 0 Å². The van der Waals surface area contributed by atoms with Crippen LogP contribution in [0.1, 0.15) is 50.5 Å². The molecular weight excluding hydrogens is 477 g/mol. The predicted molar refractivity (Wildman–Crippen MR) is 121 cm³/mol. The Morgan fingerprint density at radius 3 is 2.24 bits per heavy atom. The minimum atomic E-state index is -2.74.